The first-order chi connectivity index (χ1) is 17.5. The molecule has 2 aromatic carbocycles. The van der Waals surface area contributed by atoms with Crippen molar-refractivity contribution in [3.8, 4) is 11.3 Å². The highest BCUT2D eigenvalue weighted by Gasteiger charge is 2.66. The number of benzene rings is 2. The number of aryl methyl sites for hydroxylation is 1. The second-order valence-electron chi connectivity index (χ2n) is 9.63. The van der Waals surface area contributed by atoms with Crippen molar-refractivity contribution in [1.29, 1.82) is 0 Å². The first-order valence-electron chi connectivity index (χ1n) is 12.1. The molecule has 0 unspecified atom stereocenters. The van der Waals surface area contributed by atoms with E-state index in [0.717, 1.165) is 22.4 Å². The van der Waals surface area contributed by atoms with Crippen LogP contribution in [0.2, 0.25) is 0 Å². The van der Waals surface area contributed by atoms with E-state index in [1.54, 1.807) is 6.20 Å². The lowest BCUT2D eigenvalue weighted by molar-refractivity contribution is -0.145. The number of carbonyl (C=O) groups is 1. The predicted molar refractivity (Wildman–Crippen MR) is 134 cm³/mol. The van der Waals surface area contributed by atoms with Crippen LogP contribution >= 0.6 is 0 Å². The number of hydrogen-bond donors (Lipinski definition) is 1. The van der Waals surface area contributed by atoms with Crippen molar-refractivity contribution in [1.82, 2.24) is 20.2 Å². The number of rotatable bonds is 7. The van der Waals surface area contributed by atoms with Crippen molar-refractivity contribution in [3.05, 3.63) is 114 Å². The van der Waals surface area contributed by atoms with Crippen molar-refractivity contribution in [3.63, 3.8) is 0 Å². The van der Waals surface area contributed by atoms with Gasteiger partial charge in [-0.2, -0.15) is 0 Å². The number of aromatic nitrogens is 4. The molecule has 36 heavy (non-hydrogen) atoms. The van der Waals surface area contributed by atoms with Crippen molar-refractivity contribution in [2.24, 2.45) is 5.41 Å². The zero-order valence-electron chi connectivity index (χ0n) is 19.9. The van der Waals surface area contributed by atoms with Crippen molar-refractivity contribution < 1.29 is 14.4 Å². The van der Waals surface area contributed by atoms with Gasteiger partial charge in [-0.15, -0.1) is 5.10 Å². The van der Waals surface area contributed by atoms with Gasteiger partial charge in [0.25, 0.3) is 0 Å². The lowest BCUT2D eigenvalue weighted by Gasteiger charge is -2.35. The molecule has 0 aliphatic heterocycles. The standard InChI is InChI=1S/C29H26N4O3/c1-20-24(19-33-25(18-30-32-33)23-10-6-3-7-11-23)26(36-31-20)28(29(16-17-29)27(34)35)14-12-22(13-15-28)21-8-4-2-5-9-21/h2-15,18,22H,16-17,19H2,1H3,(H,34,35). The van der Waals surface area contributed by atoms with Crippen LogP contribution in [0.4, 0.5) is 0 Å². The maximum Gasteiger partial charge on any atom is 0.311 e. The average molecular weight is 479 g/mol. The third-order valence-electron chi connectivity index (χ3n) is 7.62. The van der Waals surface area contributed by atoms with Crippen molar-refractivity contribution in [2.45, 2.75) is 37.6 Å². The number of allylic oxidation sites excluding steroid dienone is 4. The Morgan fingerprint density at radius 2 is 1.72 bits per heavy atom. The highest BCUT2D eigenvalue weighted by atomic mass is 16.5. The van der Waals surface area contributed by atoms with Gasteiger partial charge in [0.1, 0.15) is 0 Å². The van der Waals surface area contributed by atoms with Crippen LogP contribution in [0.3, 0.4) is 0 Å². The van der Waals surface area contributed by atoms with Gasteiger partial charge in [0.15, 0.2) is 5.76 Å². The van der Waals surface area contributed by atoms with E-state index in [9.17, 15) is 9.90 Å². The van der Waals surface area contributed by atoms with E-state index in [1.807, 2.05) is 72.3 Å². The first kappa shape index (κ1) is 22.2. The Morgan fingerprint density at radius 1 is 1.06 bits per heavy atom. The Hall–Kier alpha value is -4.26. The van der Waals surface area contributed by atoms with E-state index < -0.39 is 16.8 Å². The van der Waals surface area contributed by atoms with Crippen molar-refractivity contribution in [2.75, 3.05) is 0 Å². The fourth-order valence-corrected chi connectivity index (χ4v) is 5.40. The maximum atomic E-state index is 12.6. The molecule has 1 fully saturated rings. The van der Waals surface area contributed by atoms with Crippen LogP contribution in [0, 0.1) is 12.3 Å². The SMILES string of the molecule is Cc1noc(C2(C3(C(=O)O)CC3)C=CC(c3ccccc3)C=C2)c1Cn1nncc1-c1ccccc1. The molecule has 2 aliphatic rings. The molecule has 2 aliphatic carbocycles. The maximum absolute atomic E-state index is 12.6. The molecular formula is C29H26N4O3. The summed E-state index contributed by atoms with van der Waals surface area (Å²) in [5, 5.41) is 23.1. The molecule has 0 spiro atoms. The molecule has 4 aromatic rings. The molecule has 7 heteroatoms. The van der Waals surface area contributed by atoms with E-state index in [4.69, 9.17) is 4.52 Å². The summed E-state index contributed by atoms with van der Waals surface area (Å²) in [6.07, 6.45) is 11.1. The molecule has 0 saturated heterocycles. The van der Waals surface area contributed by atoms with Gasteiger partial charge in [-0.3, -0.25) is 4.79 Å². The van der Waals surface area contributed by atoms with Crippen LogP contribution in [0.1, 0.15) is 41.3 Å². The van der Waals surface area contributed by atoms with Crippen LogP contribution in [0.5, 0.6) is 0 Å². The van der Waals surface area contributed by atoms with Crippen LogP contribution in [0.25, 0.3) is 11.3 Å². The molecular weight excluding hydrogens is 452 g/mol. The van der Waals surface area contributed by atoms with E-state index >= 15 is 0 Å². The second kappa shape index (κ2) is 8.45. The van der Waals surface area contributed by atoms with Gasteiger partial charge in [-0.1, -0.05) is 95.3 Å². The summed E-state index contributed by atoms with van der Waals surface area (Å²) in [7, 11) is 0. The van der Waals surface area contributed by atoms with Crippen LogP contribution < -0.4 is 0 Å². The summed E-state index contributed by atoms with van der Waals surface area (Å²) < 4.78 is 7.79. The minimum Gasteiger partial charge on any atom is -0.481 e. The van der Waals surface area contributed by atoms with Crippen LogP contribution in [-0.4, -0.2) is 31.2 Å². The molecule has 0 atom stereocenters. The number of aliphatic carboxylic acids is 1. The number of nitrogens with zero attached hydrogens (tertiary/aromatic N) is 4. The van der Waals surface area contributed by atoms with E-state index in [0.29, 0.717) is 30.8 Å². The Balaban J connectivity index is 1.43. The van der Waals surface area contributed by atoms with Gasteiger partial charge >= 0.3 is 5.97 Å². The Bertz CT molecular complexity index is 1450. The molecule has 0 radical (unpaired) electrons. The summed E-state index contributed by atoms with van der Waals surface area (Å²) in [5.41, 5.74) is 2.67. The number of carboxylic acid groups (broad SMARTS) is 1. The fraction of sp³-hybridized carbons (Fsp3) is 0.241. The molecule has 1 N–H and O–H groups in total. The summed E-state index contributed by atoms with van der Waals surface area (Å²) >= 11 is 0. The van der Waals surface area contributed by atoms with Crippen molar-refractivity contribution >= 4 is 5.97 Å². The molecule has 0 amide bonds. The highest BCUT2D eigenvalue weighted by Crippen LogP contribution is 2.63. The Kier molecular flexibility index (Phi) is 5.21. The fourth-order valence-electron chi connectivity index (χ4n) is 5.40. The third kappa shape index (κ3) is 3.42. The van der Waals surface area contributed by atoms with E-state index in [1.165, 1.54) is 0 Å². The Labute approximate surface area is 208 Å². The zero-order chi connectivity index (χ0) is 24.8. The minimum absolute atomic E-state index is 0.0661. The summed E-state index contributed by atoms with van der Waals surface area (Å²) in [6, 6.07) is 20.1. The molecule has 180 valence electrons. The molecule has 0 bridgehead atoms. The molecule has 2 heterocycles. The highest BCUT2D eigenvalue weighted by molar-refractivity contribution is 5.82. The monoisotopic (exact) mass is 478 g/mol. The lowest BCUT2D eigenvalue weighted by Crippen LogP contribution is -2.40. The second-order valence-corrected chi connectivity index (χ2v) is 9.63. The van der Waals surface area contributed by atoms with Crippen LogP contribution in [0.15, 0.2) is 95.7 Å². The lowest BCUT2D eigenvalue weighted by atomic mass is 9.66. The van der Waals surface area contributed by atoms with Gasteiger partial charge in [-0.25, -0.2) is 4.68 Å². The smallest absolute Gasteiger partial charge is 0.311 e. The third-order valence-corrected chi connectivity index (χ3v) is 7.62. The molecule has 1 saturated carbocycles. The molecule has 6 rings (SSSR count). The molecule has 7 nitrogen and oxygen atoms in total. The quantitative estimate of drug-likeness (QED) is 0.362. The van der Waals surface area contributed by atoms with Crippen LogP contribution in [-0.2, 0) is 16.8 Å². The summed E-state index contributed by atoms with van der Waals surface area (Å²) in [5.74, 6) is -0.189. The van der Waals surface area contributed by atoms with E-state index in [-0.39, 0.29) is 5.92 Å². The first-order valence-corrected chi connectivity index (χ1v) is 12.1. The van der Waals surface area contributed by atoms with E-state index in [2.05, 4.69) is 39.8 Å². The van der Waals surface area contributed by atoms with Gasteiger partial charge in [0.05, 0.1) is 35.0 Å². The van der Waals surface area contributed by atoms with Gasteiger partial charge < -0.3 is 9.63 Å². The average Bonchev–Trinajstić information content (AvgIpc) is 3.50. The van der Waals surface area contributed by atoms with Gasteiger partial charge in [-0.05, 0) is 25.3 Å². The van der Waals surface area contributed by atoms with Gasteiger partial charge in [0.2, 0.25) is 0 Å². The summed E-state index contributed by atoms with van der Waals surface area (Å²) in [4.78, 5) is 12.6. The number of carboxylic acids is 1. The molecule has 2 aromatic heterocycles. The largest absolute Gasteiger partial charge is 0.481 e. The Morgan fingerprint density at radius 3 is 2.36 bits per heavy atom. The summed E-state index contributed by atoms with van der Waals surface area (Å²) in [6.45, 7) is 2.26. The minimum atomic E-state index is -0.965. The normalized spacial score (nSPS) is 22.0. The topological polar surface area (TPSA) is 94.0 Å². The zero-order valence-corrected chi connectivity index (χ0v) is 19.9. The number of hydrogen-bond acceptors (Lipinski definition) is 5. The predicted octanol–water partition coefficient (Wildman–Crippen LogP) is 5.30. The van der Waals surface area contributed by atoms with Gasteiger partial charge in [0, 0.05) is 17.0 Å².